The minimum Gasteiger partial charge on any atom is -0.465 e. The molecule has 2 rings (SSSR count). The van der Waals surface area contributed by atoms with Crippen molar-refractivity contribution in [1.29, 1.82) is 0 Å². The van der Waals surface area contributed by atoms with Gasteiger partial charge in [-0.1, -0.05) is 32.1 Å². The lowest BCUT2D eigenvalue weighted by molar-refractivity contribution is 0.0458. The van der Waals surface area contributed by atoms with E-state index in [1.807, 2.05) is 20.8 Å². The summed E-state index contributed by atoms with van der Waals surface area (Å²) in [5, 5.41) is 9.70. The number of Topliss-reactive ketones (excluding diaryl/α,β-unsaturated/α-hetero) is 1. The zero-order valence-corrected chi connectivity index (χ0v) is 14.2. The number of carbonyl (C=O) groups is 2. The lowest BCUT2D eigenvalue weighted by Gasteiger charge is -2.40. The number of furan rings is 1. The summed E-state index contributed by atoms with van der Waals surface area (Å²) in [6.07, 6.45) is 6.66. The van der Waals surface area contributed by atoms with Crippen molar-refractivity contribution < 1.29 is 19.1 Å². The number of hydrogen-bond donors (Lipinski definition) is 1. The van der Waals surface area contributed by atoms with Crippen LogP contribution in [0.3, 0.4) is 0 Å². The first-order valence-corrected chi connectivity index (χ1v) is 8.40. The second-order valence-electron chi connectivity index (χ2n) is 7.42. The van der Waals surface area contributed by atoms with Crippen molar-refractivity contribution in [1.82, 2.24) is 4.90 Å². The van der Waals surface area contributed by atoms with Crippen LogP contribution < -0.4 is 0 Å². The van der Waals surface area contributed by atoms with Crippen LogP contribution in [0.1, 0.15) is 69.9 Å². The first-order valence-electron chi connectivity index (χ1n) is 8.40. The molecule has 5 nitrogen and oxygen atoms in total. The first-order chi connectivity index (χ1) is 10.8. The fourth-order valence-corrected chi connectivity index (χ4v) is 3.54. The van der Waals surface area contributed by atoms with Crippen LogP contribution in [0.5, 0.6) is 0 Å². The average Bonchev–Trinajstić information content (AvgIpc) is 2.99. The van der Waals surface area contributed by atoms with Gasteiger partial charge < -0.3 is 9.52 Å². The second kappa shape index (κ2) is 7.20. The molecule has 1 atom stereocenters. The highest BCUT2D eigenvalue weighted by Gasteiger charge is 2.39. The van der Waals surface area contributed by atoms with Gasteiger partial charge in [0.15, 0.2) is 5.76 Å². The topological polar surface area (TPSA) is 70.8 Å². The largest absolute Gasteiger partial charge is 0.465 e. The van der Waals surface area contributed by atoms with Gasteiger partial charge >= 0.3 is 6.09 Å². The van der Waals surface area contributed by atoms with Gasteiger partial charge in [-0.15, -0.1) is 0 Å². The van der Waals surface area contributed by atoms with Crippen molar-refractivity contribution in [3.8, 4) is 0 Å². The highest BCUT2D eigenvalue weighted by molar-refractivity contribution is 5.99. The molecule has 0 unspecified atom stereocenters. The Morgan fingerprint density at radius 2 is 1.96 bits per heavy atom. The van der Waals surface area contributed by atoms with Crippen molar-refractivity contribution in [2.24, 2.45) is 5.92 Å². The summed E-state index contributed by atoms with van der Waals surface area (Å²) < 4.78 is 5.24. The van der Waals surface area contributed by atoms with Gasteiger partial charge in [0.1, 0.15) is 6.04 Å². The Morgan fingerprint density at radius 1 is 1.30 bits per heavy atom. The number of nitrogens with zero attached hydrogens (tertiary/aromatic N) is 1. The maximum atomic E-state index is 12.9. The molecule has 1 aromatic heterocycles. The molecule has 128 valence electrons. The molecule has 1 amide bonds. The van der Waals surface area contributed by atoms with Crippen molar-refractivity contribution in [2.75, 3.05) is 0 Å². The Balaban J connectivity index is 2.29. The normalized spacial score (nSPS) is 17.7. The summed E-state index contributed by atoms with van der Waals surface area (Å²) in [6.45, 7) is 5.47. The van der Waals surface area contributed by atoms with Crippen LogP contribution in [-0.4, -0.2) is 33.5 Å². The third-order valence-electron chi connectivity index (χ3n) is 4.59. The summed E-state index contributed by atoms with van der Waals surface area (Å²) >= 11 is 0. The van der Waals surface area contributed by atoms with Crippen molar-refractivity contribution in [3.63, 3.8) is 0 Å². The Morgan fingerprint density at radius 3 is 2.43 bits per heavy atom. The Bertz CT molecular complexity index is 524. The van der Waals surface area contributed by atoms with Crippen LogP contribution in [-0.2, 0) is 0 Å². The van der Waals surface area contributed by atoms with E-state index in [0.717, 1.165) is 25.7 Å². The Kier molecular flexibility index (Phi) is 5.50. The standard InChI is InChI=1S/C18H27NO4/c1-18(2,3)19(17(21)22)14(12-13-8-5-4-6-9-13)16(20)15-10-7-11-23-15/h7,10-11,13-14H,4-6,8-9,12H2,1-3H3,(H,21,22)/t14-/m0/s1. The minimum atomic E-state index is -1.06. The maximum Gasteiger partial charge on any atom is 0.408 e. The molecular weight excluding hydrogens is 294 g/mol. The molecule has 0 aliphatic heterocycles. The van der Waals surface area contributed by atoms with Crippen LogP contribution in [0.4, 0.5) is 4.79 Å². The van der Waals surface area contributed by atoms with E-state index in [1.54, 1.807) is 12.1 Å². The molecule has 0 spiro atoms. The van der Waals surface area contributed by atoms with Gasteiger partial charge in [-0.05, 0) is 45.2 Å². The molecule has 0 saturated heterocycles. The van der Waals surface area contributed by atoms with Crippen molar-refractivity contribution in [2.45, 2.75) is 70.9 Å². The van der Waals surface area contributed by atoms with E-state index in [1.165, 1.54) is 17.6 Å². The lowest BCUT2D eigenvalue weighted by Crippen LogP contribution is -2.54. The maximum absolute atomic E-state index is 12.9. The summed E-state index contributed by atoms with van der Waals surface area (Å²) in [4.78, 5) is 26.0. The van der Waals surface area contributed by atoms with Gasteiger partial charge in [0, 0.05) is 5.54 Å². The lowest BCUT2D eigenvalue weighted by atomic mass is 9.82. The molecule has 1 aliphatic carbocycles. The second-order valence-corrected chi connectivity index (χ2v) is 7.42. The fourth-order valence-electron chi connectivity index (χ4n) is 3.54. The van der Waals surface area contributed by atoms with E-state index in [-0.39, 0.29) is 11.5 Å². The average molecular weight is 321 g/mol. The van der Waals surface area contributed by atoms with E-state index in [4.69, 9.17) is 4.42 Å². The quantitative estimate of drug-likeness (QED) is 0.806. The van der Waals surface area contributed by atoms with E-state index < -0.39 is 17.7 Å². The number of amides is 1. The van der Waals surface area contributed by atoms with Crippen LogP contribution in [0.25, 0.3) is 0 Å². The molecule has 1 N–H and O–H groups in total. The van der Waals surface area contributed by atoms with E-state index in [2.05, 4.69) is 0 Å². The Hall–Kier alpha value is -1.78. The van der Waals surface area contributed by atoms with Gasteiger partial charge in [-0.25, -0.2) is 4.79 Å². The van der Waals surface area contributed by atoms with Gasteiger partial charge in [-0.3, -0.25) is 9.69 Å². The van der Waals surface area contributed by atoms with Gasteiger partial charge in [0.25, 0.3) is 0 Å². The molecule has 1 heterocycles. The van der Waals surface area contributed by atoms with Gasteiger partial charge in [0.05, 0.1) is 6.26 Å². The highest BCUT2D eigenvalue weighted by Crippen LogP contribution is 2.32. The monoisotopic (exact) mass is 321 g/mol. The minimum absolute atomic E-state index is 0.237. The molecule has 1 fully saturated rings. The van der Waals surface area contributed by atoms with Crippen LogP contribution in [0, 0.1) is 5.92 Å². The number of carbonyl (C=O) groups excluding carboxylic acids is 1. The summed E-state index contributed by atoms with van der Waals surface area (Å²) in [5.74, 6) is 0.399. The first kappa shape index (κ1) is 17.6. The zero-order chi connectivity index (χ0) is 17.0. The number of ketones is 1. The highest BCUT2D eigenvalue weighted by atomic mass is 16.4. The fraction of sp³-hybridized carbons (Fsp3) is 0.667. The van der Waals surface area contributed by atoms with Crippen molar-refractivity contribution >= 4 is 11.9 Å². The van der Waals surface area contributed by atoms with Crippen molar-refractivity contribution in [3.05, 3.63) is 24.2 Å². The molecule has 1 aliphatic rings. The summed E-state index contributed by atoms with van der Waals surface area (Å²) in [7, 11) is 0. The van der Waals surface area contributed by atoms with Gasteiger partial charge in [0.2, 0.25) is 5.78 Å². The predicted molar refractivity (Wildman–Crippen MR) is 87.6 cm³/mol. The van der Waals surface area contributed by atoms with Crippen LogP contribution in [0.15, 0.2) is 22.8 Å². The molecule has 1 aromatic rings. The molecule has 0 aromatic carbocycles. The van der Waals surface area contributed by atoms with E-state index >= 15 is 0 Å². The summed E-state index contributed by atoms with van der Waals surface area (Å²) in [6, 6.07) is 2.58. The van der Waals surface area contributed by atoms with E-state index in [9.17, 15) is 14.7 Å². The SMILES string of the molecule is CC(C)(C)N(C(=O)O)[C@@H](CC1CCCCC1)C(=O)c1ccco1. The summed E-state index contributed by atoms with van der Waals surface area (Å²) in [5.41, 5.74) is -0.645. The Labute approximate surface area is 137 Å². The number of carboxylic acid groups (broad SMARTS) is 1. The third-order valence-corrected chi connectivity index (χ3v) is 4.59. The van der Waals surface area contributed by atoms with E-state index in [0.29, 0.717) is 12.3 Å². The molecule has 23 heavy (non-hydrogen) atoms. The number of hydrogen-bond acceptors (Lipinski definition) is 3. The van der Waals surface area contributed by atoms with Crippen LogP contribution in [0.2, 0.25) is 0 Å². The molecule has 5 heteroatoms. The molecular formula is C18H27NO4. The zero-order valence-electron chi connectivity index (χ0n) is 14.2. The smallest absolute Gasteiger partial charge is 0.408 e. The van der Waals surface area contributed by atoms with Crippen LogP contribution >= 0.6 is 0 Å². The van der Waals surface area contributed by atoms with Gasteiger partial charge in [-0.2, -0.15) is 0 Å². The molecule has 0 bridgehead atoms. The third kappa shape index (κ3) is 4.36. The molecule has 1 saturated carbocycles. The molecule has 0 radical (unpaired) electrons. The predicted octanol–water partition coefficient (Wildman–Crippen LogP) is 4.58. The number of rotatable bonds is 5.